The van der Waals surface area contributed by atoms with Crippen molar-refractivity contribution in [3.63, 3.8) is 0 Å². The number of carbonyl (C=O) groups is 1. The van der Waals surface area contributed by atoms with E-state index in [0.29, 0.717) is 22.7 Å². The minimum atomic E-state index is -0.553. The first-order valence-corrected chi connectivity index (χ1v) is 6.40. The highest BCUT2D eigenvalue weighted by molar-refractivity contribution is 9.10. The van der Waals surface area contributed by atoms with Crippen LogP contribution in [0.3, 0.4) is 0 Å². The number of hydrogen-bond acceptors (Lipinski definition) is 3. The molecule has 5 heteroatoms. The predicted molar refractivity (Wildman–Crippen MR) is 78.3 cm³/mol. The maximum atomic E-state index is 11.4. The van der Waals surface area contributed by atoms with Gasteiger partial charge in [-0.2, -0.15) is 0 Å². The van der Waals surface area contributed by atoms with Crippen LogP contribution in [0.1, 0.15) is 15.9 Å². The van der Waals surface area contributed by atoms with Gasteiger partial charge < -0.3 is 16.2 Å². The first-order valence-electron chi connectivity index (χ1n) is 5.60. The highest BCUT2D eigenvalue weighted by Crippen LogP contribution is 2.31. The van der Waals surface area contributed by atoms with E-state index < -0.39 is 5.91 Å². The van der Waals surface area contributed by atoms with E-state index in [1.165, 1.54) is 0 Å². The average molecular weight is 321 g/mol. The molecule has 19 heavy (non-hydrogen) atoms. The van der Waals surface area contributed by atoms with Gasteiger partial charge in [0.15, 0.2) is 0 Å². The summed E-state index contributed by atoms with van der Waals surface area (Å²) in [6.45, 7) is 1.91. The summed E-state index contributed by atoms with van der Waals surface area (Å²) in [6, 6.07) is 10.4. The summed E-state index contributed by atoms with van der Waals surface area (Å²) in [4.78, 5) is 11.4. The molecule has 1 amide bonds. The number of rotatable bonds is 3. The second-order valence-electron chi connectivity index (χ2n) is 4.13. The van der Waals surface area contributed by atoms with Gasteiger partial charge in [-0.05, 0) is 36.8 Å². The Labute approximate surface area is 119 Å². The SMILES string of the molecule is Cc1ccc(Br)cc1Oc1cc(N)ccc1C(N)=O. The zero-order valence-electron chi connectivity index (χ0n) is 10.3. The molecule has 0 atom stereocenters. The minimum absolute atomic E-state index is 0.300. The van der Waals surface area contributed by atoms with Crippen LogP contribution in [0.5, 0.6) is 11.5 Å². The molecule has 0 saturated carbocycles. The first-order chi connectivity index (χ1) is 8.97. The highest BCUT2D eigenvalue weighted by Gasteiger charge is 2.12. The lowest BCUT2D eigenvalue weighted by molar-refractivity contribution is 0.0998. The van der Waals surface area contributed by atoms with Crippen molar-refractivity contribution >= 4 is 27.5 Å². The van der Waals surface area contributed by atoms with Crippen LogP contribution >= 0.6 is 15.9 Å². The van der Waals surface area contributed by atoms with Crippen molar-refractivity contribution in [1.29, 1.82) is 0 Å². The van der Waals surface area contributed by atoms with E-state index in [4.69, 9.17) is 16.2 Å². The number of ether oxygens (including phenoxy) is 1. The fraction of sp³-hybridized carbons (Fsp3) is 0.0714. The molecule has 0 bridgehead atoms. The van der Waals surface area contributed by atoms with Gasteiger partial charge in [0.1, 0.15) is 11.5 Å². The number of carbonyl (C=O) groups excluding carboxylic acids is 1. The van der Waals surface area contributed by atoms with E-state index >= 15 is 0 Å². The molecular weight excluding hydrogens is 308 g/mol. The van der Waals surface area contributed by atoms with Crippen molar-refractivity contribution in [2.24, 2.45) is 5.73 Å². The third-order valence-corrected chi connectivity index (χ3v) is 3.13. The van der Waals surface area contributed by atoms with Gasteiger partial charge in [-0.3, -0.25) is 4.79 Å². The van der Waals surface area contributed by atoms with E-state index in [1.807, 2.05) is 25.1 Å². The van der Waals surface area contributed by atoms with Crippen LogP contribution in [0.25, 0.3) is 0 Å². The third kappa shape index (κ3) is 3.06. The van der Waals surface area contributed by atoms with Crippen LogP contribution in [-0.2, 0) is 0 Å². The van der Waals surface area contributed by atoms with Gasteiger partial charge in [-0.25, -0.2) is 0 Å². The fourth-order valence-corrected chi connectivity index (χ4v) is 1.97. The van der Waals surface area contributed by atoms with Crippen LogP contribution in [-0.4, -0.2) is 5.91 Å². The number of anilines is 1. The van der Waals surface area contributed by atoms with Gasteiger partial charge in [0.05, 0.1) is 5.56 Å². The van der Waals surface area contributed by atoms with Crippen molar-refractivity contribution < 1.29 is 9.53 Å². The van der Waals surface area contributed by atoms with Crippen LogP contribution < -0.4 is 16.2 Å². The highest BCUT2D eigenvalue weighted by atomic mass is 79.9. The molecule has 0 aliphatic rings. The van der Waals surface area contributed by atoms with E-state index in [0.717, 1.165) is 10.0 Å². The zero-order valence-corrected chi connectivity index (χ0v) is 11.9. The molecule has 0 fully saturated rings. The molecule has 0 spiro atoms. The molecule has 4 N–H and O–H groups in total. The Hall–Kier alpha value is -2.01. The maximum Gasteiger partial charge on any atom is 0.252 e. The molecule has 0 heterocycles. The smallest absolute Gasteiger partial charge is 0.252 e. The second kappa shape index (κ2) is 5.32. The van der Waals surface area contributed by atoms with Crippen molar-refractivity contribution in [2.45, 2.75) is 6.92 Å². The molecule has 2 aromatic rings. The van der Waals surface area contributed by atoms with Gasteiger partial charge in [0.25, 0.3) is 5.91 Å². The largest absolute Gasteiger partial charge is 0.456 e. The Morgan fingerprint density at radius 1 is 1.16 bits per heavy atom. The number of benzene rings is 2. The van der Waals surface area contributed by atoms with Gasteiger partial charge in [-0.1, -0.05) is 22.0 Å². The van der Waals surface area contributed by atoms with Gasteiger partial charge in [0, 0.05) is 16.2 Å². The molecule has 0 saturated heterocycles. The Morgan fingerprint density at radius 2 is 1.89 bits per heavy atom. The number of amides is 1. The lowest BCUT2D eigenvalue weighted by atomic mass is 10.1. The van der Waals surface area contributed by atoms with Gasteiger partial charge in [0.2, 0.25) is 0 Å². The van der Waals surface area contributed by atoms with Crippen molar-refractivity contribution in [3.8, 4) is 11.5 Å². The normalized spacial score (nSPS) is 10.2. The fourth-order valence-electron chi connectivity index (χ4n) is 1.63. The monoisotopic (exact) mass is 320 g/mol. The number of hydrogen-bond donors (Lipinski definition) is 2. The van der Waals surface area contributed by atoms with E-state index in [-0.39, 0.29) is 0 Å². The third-order valence-electron chi connectivity index (χ3n) is 2.64. The molecule has 0 radical (unpaired) electrons. The number of nitrogens with two attached hydrogens (primary N) is 2. The summed E-state index contributed by atoms with van der Waals surface area (Å²) in [5.41, 5.74) is 12.8. The van der Waals surface area contributed by atoms with Crippen LogP contribution in [0.15, 0.2) is 40.9 Å². The molecule has 98 valence electrons. The Balaban J connectivity index is 2.45. The summed E-state index contributed by atoms with van der Waals surface area (Å²) < 4.78 is 6.64. The van der Waals surface area contributed by atoms with Crippen LogP contribution in [0, 0.1) is 6.92 Å². The number of aryl methyl sites for hydroxylation is 1. The van der Waals surface area contributed by atoms with E-state index in [2.05, 4.69) is 15.9 Å². The quantitative estimate of drug-likeness (QED) is 0.852. The molecule has 0 aliphatic heterocycles. The maximum absolute atomic E-state index is 11.4. The number of nitrogen functional groups attached to an aromatic ring is 1. The lowest BCUT2D eigenvalue weighted by Crippen LogP contribution is -2.12. The van der Waals surface area contributed by atoms with Crippen LogP contribution in [0.2, 0.25) is 0 Å². The molecule has 0 aliphatic carbocycles. The van der Waals surface area contributed by atoms with Gasteiger partial charge >= 0.3 is 0 Å². The molecule has 2 rings (SSSR count). The topological polar surface area (TPSA) is 78.3 Å². The predicted octanol–water partition coefficient (Wildman–Crippen LogP) is 3.23. The molecule has 0 aromatic heterocycles. The van der Waals surface area contributed by atoms with Gasteiger partial charge in [-0.15, -0.1) is 0 Å². The lowest BCUT2D eigenvalue weighted by Gasteiger charge is -2.12. The Morgan fingerprint density at radius 3 is 2.58 bits per heavy atom. The Bertz CT molecular complexity index is 641. The van der Waals surface area contributed by atoms with Crippen molar-refractivity contribution in [3.05, 3.63) is 52.0 Å². The van der Waals surface area contributed by atoms with Crippen molar-refractivity contribution in [1.82, 2.24) is 0 Å². The van der Waals surface area contributed by atoms with Crippen molar-refractivity contribution in [2.75, 3.05) is 5.73 Å². The standard InChI is InChI=1S/C14H13BrN2O2/c1-8-2-3-9(15)6-12(8)19-13-7-10(16)4-5-11(13)14(17)18/h2-7H,16H2,1H3,(H2,17,18). The number of primary amides is 1. The molecular formula is C14H13BrN2O2. The summed E-state index contributed by atoms with van der Waals surface area (Å²) in [5.74, 6) is 0.443. The molecule has 4 nitrogen and oxygen atoms in total. The minimum Gasteiger partial charge on any atom is -0.456 e. The molecule has 0 unspecified atom stereocenters. The van der Waals surface area contributed by atoms with E-state index in [9.17, 15) is 4.79 Å². The second-order valence-corrected chi connectivity index (χ2v) is 5.05. The summed E-state index contributed by atoms with van der Waals surface area (Å²) in [6.07, 6.45) is 0. The van der Waals surface area contributed by atoms with E-state index in [1.54, 1.807) is 18.2 Å². The molecule has 2 aromatic carbocycles. The summed E-state index contributed by atoms with van der Waals surface area (Å²) >= 11 is 3.38. The number of halogens is 1. The Kier molecular flexibility index (Phi) is 3.76. The zero-order chi connectivity index (χ0) is 14.0. The first kappa shape index (κ1) is 13.4. The summed E-state index contributed by atoms with van der Waals surface area (Å²) in [5, 5.41) is 0. The summed E-state index contributed by atoms with van der Waals surface area (Å²) in [7, 11) is 0. The average Bonchev–Trinajstić information content (AvgIpc) is 2.33. The van der Waals surface area contributed by atoms with Crippen LogP contribution in [0.4, 0.5) is 5.69 Å².